The number of anilines is 3. The van der Waals surface area contributed by atoms with E-state index in [4.69, 9.17) is 21.6 Å². The van der Waals surface area contributed by atoms with Gasteiger partial charge in [0, 0.05) is 49.3 Å². The highest BCUT2D eigenvalue weighted by Crippen LogP contribution is 2.33. The first-order chi connectivity index (χ1) is 15.2. The summed E-state index contributed by atoms with van der Waals surface area (Å²) in [5.74, 6) is 2.19. The zero-order valence-corrected chi connectivity index (χ0v) is 17.8. The van der Waals surface area contributed by atoms with Gasteiger partial charge >= 0.3 is 0 Å². The minimum Gasteiger partial charge on any atom is -0.353 e. The first-order valence-electron chi connectivity index (χ1n) is 10.3. The number of hydrogen-bond acceptors (Lipinski definition) is 7. The van der Waals surface area contributed by atoms with Crippen LogP contribution in [0.15, 0.2) is 61.1 Å². The molecule has 0 radical (unpaired) electrons. The predicted molar refractivity (Wildman–Crippen MR) is 125 cm³/mol. The molecule has 8 heteroatoms. The lowest BCUT2D eigenvalue weighted by atomic mass is 10.2. The molecule has 0 saturated carbocycles. The fourth-order valence-corrected chi connectivity index (χ4v) is 4.05. The second-order valence-corrected chi connectivity index (χ2v) is 8.02. The lowest BCUT2D eigenvalue weighted by Crippen LogP contribution is -2.49. The average molecular weight is 432 g/mol. The van der Waals surface area contributed by atoms with Crippen LogP contribution in [0.1, 0.15) is 6.92 Å². The first-order valence-corrected chi connectivity index (χ1v) is 10.6. The Bertz CT molecular complexity index is 1220. The number of rotatable bonds is 4. The molecule has 0 bridgehead atoms. The molecule has 0 amide bonds. The summed E-state index contributed by atoms with van der Waals surface area (Å²) in [4.78, 5) is 20.7. The number of aromatic nitrogens is 4. The zero-order chi connectivity index (χ0) is 21.2. The SMILES string of the molecule is CC1CN(c2nc(-c3ccnc(Nc4ccccc4)c3)nc3cncc(Cl)c23)CCN1. The molecule has 0 aliphatic carbocycles. The van der Waals surface area contributed by atoms with Gasteiger partial charge < -0.3 is 15.5 Å². The molecule has 1 aromatic carbocycles. The van der Waals surface area contributed by atoms with Gasteiger partial charge in [0.2, 0.25) is 0 Å². The van der Waals surface area contributed by atoms with E-state index in [-0.39, 0.29) is 0 Å². The Morgan fingerprint density at radius 2 is 2.00 bits per heavy atom. The normalized spacial score (nSPS) is 16.5. The highest BCUT2D eigenvalue weighted by Gasteiger charge is 2.22. The van der Waals surface area contributed by atoms with Crippen molar-refractivity contribution in [2.75, 3.05) is 29.9 Å². The average Bonchev–Trinajstić information content (AvgIpc) is 2.79. The van der Waals surface area contributed by atoms with Crippen LogP contribution in [0.25, 0.3) is 22.3 Å². The number of benzene rings is 1. The van der Waals surface area contributed by atoms with Gasteiger partial charge in [0.05, 0.1) is 22.1 Å². The monoisotopic (exact) mass is 431 g/mol. The number of piperazine rings is 1. The van der Waals surface area contributed by atoms with Gasteiger partial charge in [0.1, 0.15) is 11.6 Å². The third-order valence-electron chi connectivity index (χ3n) is 5.27. The van der Waals surface area contributed by atoms with Gasteiger partial charge in [-0.2, -0.15) is 0 Å². The third kappa shape index (κ3) is 4.15. The van der Waals surface area contributed by atoms with Crippen molar-refractivity contribution in [3.8, 4) is 11.4 Å². The number of nitrogens with zero attached hydrogens (tertiary/aromatic N) is 5. The molecule has 0 spiro atoms. The van der Waals surface area contributed by atoms with Crippen LogP contribution in [0.5, 0.6) is 0 Å². The number of pyridine rings is 2. The van der Waals surface area contributed by atoms with Crippen molar-refractivity contribution in [2.45, 2.75) is 13.0 Å². The molecule has 4 heterocycles. The summed E-state index contributed by atoms with van der Waals surface area (Å²) in [5, 5.41) is 8.20. The summed E-state index contributed by atoms with van der Waals surface area (Å²) in [6, 6.07) is 14.2. The van der Waals surface area contributed by atoms with Gasteiger partial charge in [0.25, 0.3) is 0 Å². The smallest absolute Gasteiger partial charge is 0.162 e. The van der Waals surface area contributed by atoms with Gasteiger partial charge in [-0.15, -0.1) is 0 Å². The van der Waals surface area contributed by atoms with Crippen molar-refractivity contribution < 1.29 is 0 Å². The Hall–Kier alpha value is -3.29. The van der Waals surface area contributed by atoms with E-state index in [9.17, 15) is 0 Å². The van der Waals surface area contributed by atoms with Gasteiger partial charge in [0.15, 0.2) is 5.82 Å². The van der Waals surface area contributed by atoms with Crippen LogP contribution in [-0.2, 0) is 0 Å². The lowest BCUT2D eigenvalue weighted by molar-refractivity contribution is 0.483. The van der Waals surface area contributed by atoms with Crippen LogP contribution in [0.2, 0.25) is 5.02 Å². The molecule has 5 rings (SSSR count). The maximum absolute atomic E-state index is 6.53. The highest BCUT2D eigenvalue weighted by atomic mass is 35.5. The molecule has 1 atom stereocenters. The van der Waals surface area contributed by atoms with Crippen LogP contribution in [0.4, 0.5) is 17.3 Å². The summed E-state index contributed by atoms with van der Waals surface area (Å²) < 4.78 is 0. The molecule has 1 aliphatic rings. The molecule has 31 heavy (non-hydrogen) atoms. The number of fused-ring (bicyclic) bond motifs is 1. The van der Waals surface area contributed by atoms with E-state index in [1.165, 1.54) is 0 Å². The molecule has 1 aliphatic heterocycles. The second-order valence-electron chi connectivity index (χ2n) is 7.61. The van der Waals surface area contributed by atoms with Crippen molar-refractivity contribution in [1.29, 1.82) is 0 Å². The topological polar surface area (TPSA) is 78.9 Å². The Morgan fingerprint density at radius 3 is 2.84 bits per heavy atom. The van der Waals surface area contributed by atoms with Crippen LogP contribution in [0.3, 0.4) is 0 Å². The van der Waals surface area contributed by atoms with E-state index in [0.717, 1.165) is 53.4 Å². The van der Waals surface area contributed by atoms with Crippen molar-refractivity contribution >= 4 is 39.8 Å². The molecule has 4 aromatic rings. The zero-order valence-electron chi connectivity index (χ0n) is 17.1. The third-order valence-corrected chi connectivity index (χ3v) is 5.56. The Morgan fingerprint density at radius 1 is 1.13 bits per heavy atom. The molecule has 1 saturated heterocycles. The molecule has 1 fully saturated rings. The standard InChI is InChI=1S/C23H22ClN7/c1-15-14-31(10-9-26-15)23-21-18(24)12-25-13-19(21)29-22(30-23)16-7-8-27-20(11-16)28-17-5-3-2-4-6-17/h2-8,11-13,15,26H,9-10,14H2,1H3,(H,27,28). The van der Waals surface area contributed by atoms with E-state index >= 15 is 0 Å². The van der Waals surface area contributed by atoms with Crippen molar-refractivity contribution in [2.24, 2.45) is 0 Å². The second kappa shape index (κ2) is 8.45. The van der Waals surface area contributed by atoms with Crippen molar-refractivity contribution in [3.05, 3.63) is 66.1 Å². The van der Waals surface area contributed by atoms with E-state index in [0.29, 0.717) is 16.9 Å². The van der Waals surface area contributed by atoms with Crippen molar-refractivity contribution in [3.63, 3.8) is 0 Å². The minimum absolute atomic E-state index is 0.366. The summed E-state index contributed by atoms with van der Waals surface area (Å²) in [5.41, 5.74) is 2.57. The maximum atomic E-state index is 6.53. The van der Waals surface area contributed by atoms with E-state index in [1.807, 2.05) is 42.5 Å². The van der Waals surface area contributed by atoms with Crippen LogP contribution in [-0.4, -0.2) is 45.6 Å². The van der Waals surface area contributed by atoms with Crippen LogP contribution >= 0.6 is 11.6 Å². The van der Waals surface area contributed by atoms with E-state index < -0.39 is 0 Å². The maximum Gasteiger partial charge on any atom is 0.162 e. The van der Waals surface area contributed by atoms with Crippen LogP contribution in [0, 0.1) is 0 Å². The quantitative estimate of drug-likeness (QED) is 0.499. The molecule has 7 nitrogen and oxygen atoms in total. The summed E-state index contributed by atoms with van der Waals surface area (Å²) >= 11 is 6.53. The Kier molecular flexibility index (Phi) is 5.36. The molecule has 3 aromatic heterocycles. The van der Waals surface area contributed by atoms with Gasteiger partial charge in [-0.3, -0.25) is 4.98 Å². The fraction of sp³-hybridized carbons (Fsp3) is 0.217. The predicted octanol–water partition coefficient (Wildman–Crippen LogP) is 4.28. The fourth-order valence-electron chi connectivity index (χ4n) is 3.82. The van der Waals surface area contributed by atoms with Gasteiger partial charge in [-0.05, 0) is 31.2 Å². The number of para-hydroxylation sites is 1. The number of hydrogen-bond donors (Lipinski definition) is 2. The molecular weight excluding hydrogens is 410 g/mol. The largest absolute Gasteiger partial charge is 0.353 e. The van der Waals surface area contributed by atoms with Gasteiger partial charge in [-0.25, -0.2) is 15.0 Å². The summed E-state index contributed by atoms with van der Waals surface area (Å²) in [7, 11) is 0. The number of nitrogens with one attached hydrogen (secondary N) is 2. The molecular formula is C23H22ClN7. The minimum atomic E-state index is 0.366. The summed E-state index contributed by atoms with van der Waals surface area (Å²) in [6.07, 6.45) is 5.15. The lowest BCUT2D eigenvalue weighted by Gasteiger charge is -2.33. The Labute approximate surface area is 185 Å². The Balaban J connectivity index is 1.58. The molecule has 2 N–H and O–H groups in total. The first kappa shape index (κ1) is 19.7. The van der Waals surface area contributed by atoms with E-state index in [2.05, 4.69) is 32.4 Å². The molecule has 156 valence electrons. The highest BCUT2D eigenvalue weighted by molar-refractivity contribution is 6.36. The van der Waals surface area contributed by atoms with Crippen molar-refractivity contribution in [1.82, 2.24) is 25.3 Å². The summed E-state index contributed by atoms with van der Waals surface area (Å²) in [6.45, 7) is 4.77. The molecule has 1 unspecified atom stereocenters. The van der Waals surface area contributed by atoms with Crippen LogP contribution < -0.4 is 15.5 Å². The van der Waals surface area contributed by atoms with E-state index in [1.54, 1.807) is 18.6 Å². The number of halogens is 1. The van der Waals surface area contributed by atoms with Gasteiger partial charge in [-0.1, -0.05) is 29.8 Å².